The van der Waals surface area contributed by atoms with E-state index in [1.165, 1.54) is 141 Å². The molecule has 0 spiro atoms. The second-order valence-corrected chi connectivity index (χ2v) is 15.4. The quantitative estimate of drug-likeness (QED) is 0.0432. The van der Waals surface area contributed by atoms with E-state index in [0.717, 1.165) is 64.2 Å². The second kappa shape index (κ2) is 44.5. The van der Waals surface area contributed by atoms with Gasteiger partial charge in [-0.2, -0.15) is 0 Å². The molecule has 0 aliphatic heterocycles. The summed E-state index contributed by atoms with van der Waals surface area (Å²) in [5.41, 5.74) is 0. The summed E-state index contributed by atoms with van der Waals surface area (Å²) in [4.78, 5) is 12.4. The summed E-state index contributed by atoms with van der Waals surface area (Å²) in [6, 6.07) is -0.650. The third-order valence-corrected chi connectivity index (χ3v) is 10.2. The van der Waals surface area contributed by atoms with Crippen LogP contribution in [0.2, 0.25) is 0 Å². The van der Waals surface area contributed by atoms with Gasteiger partial charge in [0.25, 0.3) is 0 Å². The minimum absolute atomic E-state index is 0.0920. The highest BCUT2D eigenvalue weighted by Gasteiger charge is 2.17. The van der Waals surface area contributed by atoms with Crippen LogP contribution in [0.4, 0.5) is 0 Å². The van der Waals surface area contributed by atoms with Gasteiger partial charge in [0, 0.05) is 6.42 Å². The first-order chi connectivity index (χ1) is 26.2. The fourth-order valence-electron chi connectivity index (χ4n) is 6.74. The lowest BCUT2D eigenvalue weighted by Gasteiger charge is -2.19. The van der Waals surface area contributed by atoms with E-state index in [9.17, 15) is 15.0 Å². The lowest BCUT2D eigenvalue weighted by molar-refractivity contribution is -0.123. The second-order valence-electron chi connectivity index (χ2n) is 15.4. The first-order valence-electron chi connectivity index (χ1n) is 23.0. The molecule has 0 heterocycles. The lowest BCUT2D eigenvalue weighted by Crippen LogP contribution is -2.45. The molecule has 4 nitrogen and oxygen atoms in total. The monoisotopic (exact) mass is 740 g/mol. The van der Waals surface area contributed by atoms with Gasteiger partial charge in [0.15, 0.2) is 0 Å². The van der Waals surface area contributed by atoms with Crippen LogP contribution in [0.5, 0.6) is 0 Å². The van der Waals surface area contributed by atoms with Crippen molar-refractivity contribution in [1.82, 2.24) is 5.32 Å². The fourth-order valence-corrected chi connectivity index (χ4v) is 6.74. The number of nitrogens with one attached hydrogen (secondary N) is 1. The smallest absolute Gasteiger partial charge is 0.220 e. The normalized spacial score (nSPS) is 13.5. The Kier molecular flexibility index (Phi) is 42.9. The number of carbonyl (C=O) groups is 1. The SMILES string of the molecule is CC/C=C\C/C=C\C/C=C\CCCCCCCC(=O)NC(CO)C(O)/C=C/CC/C=C/CCCCCCCCCCCCCCCCCCCCCC. The average molecular weight is 740 g/mol. The van der Waals surface area contributed by atoms with Crippen molar-refractivity contribution in [1.29, 1.82) is 0 Å². The molecule has 2 unspecified atom stereocenters. The molecule has 0 rings (SSSR count). The molecule has 3 N–H and O–H groups in total. The molecule has 308 valence electrons. The molecule has 0 radical (unpaired) electrons. The van der Waals surface area contributed by atoms with E-state index in [2.05, 4.69) is 67.8 Å². The maximum Gasteiger partial charge on any atom is 0.220 e. The fraction of sp³-hybridized carbons (Fsp3) is 0.776. The van der Waals surface area contributed by atoms with Crippen LogP contribution in [0, 0.1) is 0 Å². The molecule has 1 amide bonds. The average Bonchev–Trinajstić information content (AvgIpc) is 3.16. The number of hydrogen-bond acceptors (Lipinski definition) is 3. The molecule has 0 aromatic heterocycles. The maximum atomic E-state index is 12.4. The van der Waals surface area contributed by atoms with Crippen LogP contribution >= 0.6 is 0 Å². The summed E-state index contributed by atoms with van der Waals surface area (Å²) in [6.45, 7) is 4.18. The van der Waals surface area contributed by atoms with Gasteiger partial charge in [0.05, 0.1) is 18.8 Å². The number of carbonyl (C=O) groups excluding carboxylic acids is 1. The number of unbranched alkanes of at least 4 members (excludes halogenated alkanes) is 26. The van der Waals surface area contributed by atoms with Gasteiger partial charge < -0.3 is 15.5 Å². The summed E-state index contributed by atoms with van der Waals surface area (Å²) in [5.74, 6) is -0.0920. The van der Waals surface area contributed by atoms with Gasteiger partial charge >= 0.3 is 0 Å². The van der Waals surface area contributed by atoms with Crippen LogP contribution in [-0.4, -0.2) is 34.9 Å². The molecule has 0 aromatic carbocycles. The Hall–Kier alpha value is -1.91. The van der Waals surface area contributed by atoms with Gasteiger partial charge in [-0.3, -0.25) is 4.79 Å². The lowest BCUT2D eigenvalue weighted by atomic mass is 10.0. The van der Waals surface area contributed by atoms with Crippen LogP contribution in [0.15, 0.2) is 60.8 Å². The molecular formula is C49H89NO3. The molecule has 0 bridgehead atoms. The molecule has 0 aromatic rings. The van der Waals surface area contributed by atoms with Gasteiger partial charge in [0.2, 0.25) is 5.91 Å². The summed E-state index contributed by atoms with van der Waals surface area (Å²) in [7, 11) is 0. The Balaban J connectivity index is 3.59. The van der Waals surface area contributed by atoms with Crippen molar-refractivity contribution in [3.63, 3.8) is 0 Å². The third-order valence-electron chi connectivity index (χ3n) is 10.2. The van der Waals surface area contributed by atoms with Crippen LogP contribution in [0.25, 0.3) is 0 Å². The molecule has 53 heavy (non-hydrogen) atoms. The Bertz CT molecular complexity index is 888. The molecule has 4 heteroatoms. The Morgan fingerprint density at radius 3 is 1.32 bits per heavy atom. The van der Waals surface area contributed by atoms with Crippen LogP contribution in [0.1, 0.15) is 226 Å². The minimum Gasteiger partial charge on any atom is -0.394 e. The van der Waals surface area contributed by atoms with E-state index >= 15 is 0 Å². The van der Waals surface area contributed by atoms with Crippen molar-refractivity contribution in [2.75, 3.05) is 6.61 Å². The highest BCUT2D eigenvalue weighted by atomic mass is 16.3. The standard InChI is InChI=1S/C49H89NO3/c1-3-5-7-9-11-13-15-17-19-20-21-22-23-24-25-26-27-28-29-31-32-34-36-38-40-42-44-48(52)47(46-51)50-49(53)45-43-41-39-37-35-33-30-18-16-14-12-10-8-6-4-2/h6,8,12,14,18,30,34,36,42,44,47-48,51-52H,3-5,7,9-11,13,15-17,19-29,31-33,35,37-41,43,45-46H2,1-2H3,(H,50,53)/b8-6-,14-12-,30-18-,36-34+,44-42+. The predicted octanol–water partition coefficient (Wildman–Crippen LogP) is 14.5. The van der Waals surface area contributed by atoms with E-state index in [0.29, 0.717) is 6.42 Å². The zero-order valence-corrected chi connectivity index (χ0v) is 35.3. The molecule has 0 aliphatic rings. The van der Waals surface area contributed by atoms with E-state index < -0.39 is 12.1 Å². The van der Waals surface area contributed by atoms with Crippen molar-refractivity contribution >= 4 is 5.91 Å². The third kappa shape index (κ3) is 41.1. The first-order valence-corrected chi connectivity index (χ1v) is 23.0. The molecular weight excluding hydrogens is 651 g/mol. The van der Waals surface area contributed by atoms with E-state index in [1.54, 1.807) is 6.08 Å². The Morgan fingerprint density at radius 2 is 0.849 bits per heavy atom. The predicted molar refractivity (Wildman–Crippen MR) is 234 cm³/mol. The molecule has 0 saturated carbocycles. The van der Waals surface area contributed by atoms with Gasteiger partial charge in [-0.05, 0) is 64.2 Å². The zero-order valence-electron chi connectivity index (χ0n) is 35.3. The van der Waals surface area contributed by atoms with E-state index in [-0.39, 0.29) is 12.5 Å². The van der Waals surface area contributed by atoms with Crippen molar-refractivity contribution in [3.05, 3.63) is 60.8 Å². The molecule has 0 saturated heterocycles. The Morgan fingerprint density at radius 1 is 0.472 bits per heavy atom. The number of rotatable bonds is 41. The summed E-state index contributed by atoms with van der Waals surface area (Å²) < 4.78 is 0. The van der Waals surface area contributed by atoms with Gasteiger partial charge in [-0.15, -0.1) is 0 Å². The number of aliphatic hydroxyl groups excluding tert-OH is 2. The van der Waals surface area contributed by atoms with Crippen molar-refractivity contribution in [3.8, 4) is 0 Å². The number of aliphatic hydroxyl groups is 2. The number of hydrogen-bond donors (Lipinski definition) is 3. The largest absolute Gasteiger partial charge is 0.394 e. The van der Waals surface area contributed by atoms with Gasteiger partial charge in [0.1, 0.15) is 0 Å². The zero-order chi connectivity index (χ0) is 38.6. The number of allylic oxidation sites excluding steroid dienone is 9. The van der Waals surface area contributed by atoms with E-state index in [1.807, 2.05) is 6.08 Å². The summed E-state index contributed by atoms with van der Waals surface area (Å²) in [5, 5.41) is 23.0. The summed E-state index contributed by atoms with van der Waals surface area (Å²) in [6.07, 6.45) is 62.0. The topological polar surface area (TPSA) is 69.6 Å². The van der Waals surface area contributed by atoms with Crippen LogP contribution in [0.3, 0.4) is 0 Å². The Labute approximate surface area is 330 Å². The summed E-state index contributed by atoms with van der Waals surface area (Å²) >= 11 is 0. The van der Waals surface area contributed by atoms with Crippen molar-refractivity contribution in [2.45, 2.75) is 238 Å². The van der Waals surface area contributed by atoms with Crippen LogP contribution < -0.4 is 5.32 Å². The van der Waals surface area contributed by atoms with Gasteiger partial charge in [-0.1, -0.05) is 216 Å². The molecule has 0 aliphatic carbocycles. The maximum absolute atomic E-state index is 12.4. The highest BCUT2D eigenvalue weighted by molar-refractivity contribution is 5.76. The number of amides is 1. The first kappa shape index (κ1) is 51.1. The van der Waals surface area contributed by atoms with E-state index in [4.69, 9.17) is 0 Å². The minimum atomic E-state index is -0.872. The van der Waals surface area contributed by atoms with Crippen LogP contribution in [-0.2, 0) is 4.79 Å². The van der Waals surface area contributed by atoms with Crippen molar-refractivity contribution < 1.29 is 15.0 Å². The van der Waals surface area contributed by atoms with Gasteiger partial charge in [-0.25, -0.2) is 0 Å². The molecule has 2 atom stereocenters. The van der Waals surface area contributed by atoms with Crippen molar-refractivity contribution in [2.24, 2.45) is 0 Å². The highest BCUT2D eigenvalue weighted by Crippen LogP contribution is 2.15. The molecule has 0 fully saturated rings.